The molecule has 4 heteroatoms. The van der Waals surface area contributed by atoms with Crippen LogP contribution in [0.25, 0.3) is 0 Å². The maximum atomic E-state index is 13.1. The minimum atomic E-state index is -0.602. The van der Waals surface area contributed by atoms with Crippen molar-refractivity contribution in [3.8, 4) is 5.75 Å². The molecule has 0 unspecified atom stereocenters. The average Bonchev–Trinajstić information content (AvgIpc) is 2.84. The SMILES string of the molecule is C[C@@H](NCc1cccc(F)c1O)c1ccco1. The average molecular weight is 235 g/mol. The fourth-order valence-corrected chi connectivity index (χ4v) is 1.60. The molecule has 2 N–H and O–H groups in total. The van der Waals surface area contributed by atoms with Crippen molar-refractivity contribution < 1.29 is 13.9 Å². The van der Waals surface area contributed by atoms with Gasteiger partial charge in [0.05, 0.1) is 12.3 Å². The Morgan fingerprint density at radius 2 is 2.18 bits per heavy atom. The molecule has 1 heterocycles. The van der Waals surface area contributed by atoms with Gasteiger partial charge in [-0.2, -0.15) is 0 Å². The number of halogens is 1. The predicted molar refractivity (Wildman–Crippen MR) is 62.0 cm³/mol. The minimum absolute atomic E-state index is 0.00710. The molecule has 0 spiro atoms. The summed E-state index contributed by atoms with van der Waals surface area (Å²) >= 11 is 0. The fourth-order valence-electron chi connectivity index (χ4n) is 1.60. The summed E-state index contributed by atoms with van der Waals surface area (Å²) in [4.78, 5) is 0. The molecule has 0 radical (unpaired) electrons. The van der Waals surface area contributed by atoms with Crippen LogP contribution in [0.3, 0.4) is 0 Å². The molecule has 1 atom stereocenters. The molecular weight excluding hydrogens is 221 g/mol. The number of hydrogen-bond acceptors (Lipinski definition) is 3. The first kappa shape index (κ1) is 11.7. The number of phenolic OH excluding ortho intramolecular Hbond substituents is 1. The predicted octanol–water partition coefficient (Wildman–Crippen LogP) is 2.98. The third-order valence-electron chi connectivity index (χ3n) is 2.64. The van der Waals surface area contributed by atoms with Crippen molar-refractivity contribution in [1.29, 1.82) is 0 Å². The van der Waals surface area contributed by atoms with Gasteiger partial charge in [-0.15, -0.1) is 0 Å². The minimum Gasteiger partial charge on any atom is -0.505 e. The fraction of sp³-hybridized carbons (Fsp3) is 0.231. The summed E-state index contributed by atoms with van der Waals surface area (Å²) in [5.41, 5.74) is 0.531. The van der Waals surface area contributed by atoms with Crippen molar-refractivity contribution >= 4 is 0 Å². The zero-order chi connectivity index (χ0) is 12.3. The van der Waals surface area contributed by atoms with Crippen LogP contribution in [0.15, 0.2) is 41.0 Å². The van der Waals surface area contributed by atoms with E-state index in [1.54, 1.807) is 18.4 Å². The molecule has 90 valence electrons. The number of hydrogen-bond donors (Lipinski definition) is 2. The molecular formula is C13H14FNO2. The third kappa shape index (κ3) is 2.65. The van der Waals surface area contributed by atoms with E-state index in [1.807, 2.05) is 19.1 Å². The first-order chi connectivity index (χ1) is 8.18. The van der Waals surface area contributed by atoms with Crippen LogP contribution in [0.5, 0.6) is 5.75 Å². The van der Waals surface area contributed by atoms with Crippen molar-refractivity contribution in [2.24, 2.45) is 0 Å². The monoisotopic (exact) mass is 235 g/mol. The van der Waals surface area contributed by atoms with Gasteiger partial charge in [-0.3, -0.25) is 0 Å². The quantitative estimate of drug-likeness (QED) is 0.856. The summed E-state index contributed by atoms with van der Waals surface area (Å²) in [7, 11) is 0. The van der Waals surface area contributed by atoms with Gasteiger partial charge in [0.1, 0.15) is 5.76 Å². The summed E-state index contributed by atoms with van der Waals surface area (Å²) in [6, 6.07) is 8.17. The maximum absolute atomic E-state index is 13.1. The molecule has 2 rings (SSSR count). The molecule has 0 bridgehead atoms. The van der Waals surface area contributed by atoms with Crippen LogP contribution in [0.4, 0.5) is 4.39 Å². The molecule has 1 aromatic carbocycles. The highest BCUT2D eigenvalue weighted by molar-refractivity contribution is 5.33. The largest absolute Gasteiger partial charge is 0.505 e. The van der Waals surface area contributed by atoms with E-state index in [0.29, 0.717) is 12.1 Å². The van der Waals surface area contributed by atoms with Gasteiger partial charge in [-0.05, 0) is 25.1 Å². The van der Waals surface area contributed by atoms with Gasteiger partial charge in [0.15, 0.2) is 11.6 Å². The number of rotatable bonds is 4. The van der Waals surface area contributed by atoms with Gasteiger partial charge >= 0.3 is 0 Å². The normalized spacial score (nSPS) is 12.6. The Morgan fingerprint density at radius 3 is 2.88 bits per heavy atom. The van der Waals surface area contributed by atoms with E-state index >= 15 is 0 Å². The number of nitrogens with one attached hydrogen (secondary N) is 1. The van der Waals surface area contributed by atoms with Gasteiger partial charge in [0.2, 0.25) is 0 Å². The van der Waals surface area contributed by atoms with Gasteiger partial charge in [-0.1, -0.05) is 12.1 Å². The van der Waals surface area contributed by atoms with Crippen molar-refractivity contribution in [2.45, 2.75) is 19.5 Å². The lowest BCUT2D eigenvalue weighted by Crippen LogP contribution is -2.17. The van der Waals surface area contributed by atoms with Crippen molar-refractivity contribution in [3.63, 3.8) is 0 Å². The Kier molecular flexibility index (Phi) is 3.44. The molecule has 1 aromatic heterocycles. The maximum Gasteiger partial charge on any atom is 0.165 e. The van der Waals surface area contributed by atoms with Gasteiger partial charge in [0, 0.05) is 12.1 Å². The molecule has 0 aliphatic heterocycles. The summed E-state index contributed by atoms with van der Waals surface area (Å²) in [5, 5.41) is 12.7. The van der Waals surface area contributed by atoms with Gasteiger partial charge in [-0.25, -0.2) is 4.39 Å². The Bertz CT molecular complexity index is 482. The highest BCUT2D eigenvalue weighted by atomic mass is 19.1. The zero-order valence-corrected chi connectivity index (χ0v) is 9.48. The Morgan fingerprint density at radius 1 is 1.35 bits per heavy atom. The standard InChI is InChI=1S/C13H14FNO2/c1-9(12-6-3-7-17-12)15-8-10-4-2-5-11(14)13(10)16/h2-7,9,15-16H,8H2,1H3/t9-/m1/s1. The van der Waals surface area contributed by atoms with Crippen LogP contribution in [0.1, 0.15) is 24.3 Å². The van der Waals surface area contributed by atoms with Crippen molar-refractivity contribution in [1.82, 2.24) is 5.32 Å². The first-order valence-electron chi connectivity index (χ1n) is 5.41. The molecule has 17 heavy (non-hydrogen) atoms. The Labute approximate surface area is 98.9 Å². The van der Waals surface area contributed by atoms with Gasteiger partial charge < -0.3 is 14.8 Å². The second-order valence-electron chi connectivity index (χ2n) is 3.87. The van der Waals surface area contributed by atoms with E-state index in [-0.39, 0.29) is 11.8 Å². The second-order valence-corrected chi connectivity index (χ2v) is 3.87. The van der Waals surface area contributed by atoms with E-state index in [4.69, 9.17) is 4.42 Å². The van der Waals surface area contributed by atoms with Crippen LogP contribution in [0.2, 0.25) is 0 Å². The van der Waals surface area contributed by atoms with Crippen LogP contribution in [-0.4, -0.2) is 5.11 Å². The molecule has 0 aliphatic rings. The molecule has 0 fully saturated rings. The lowest BCUT2D eigenvalue weighted by molar-refractivity contribution is 0.408. The summed E-state index contributed by atoms with van der Waals surface area (Å²) < 4.78 is 18.3. The van der Waals surface area contributed by atoms with E-state index in [2.05, 4.69) is 5.32 Å². The summed E-state index contributed by atoms with van der Waals surface area (Å²) in [6.07, 6.45) is 1.60. The number of furan rings is 1. The first-order valence-corrected chi connectivity index (χ1v) is 5.41. The molecule has 3 nitrogen and oxygen atoms in total. The van der Waals surface area contributed by atoms with Crippen LogP contribution in [0, 0.1) is 5.82 Å². The lowest BCUT2D eigenvalue weighted by Gasteiger charge is -2.12. The van der Waals surface area contributed by atoms with Crippen LogP contribution >= 0.6 is 0 Å². The lowest BCUT2D eigenvalue weighted by atomic mass is 10.1. The zero-order valence-electron chi connectivity index (χ0n) is 9.48. The van der Waals surface area contributed by atoms with E-state index in [9.17, 15) is 9.50 Å². The smallest absolute Gasteiger partial charge is 0.165 e. The van der Waals surface area contributed by atoms with E-state index in [1.165, 1.54) is 6.07 Å². The van der Waals surface area contributed by atoms with Crippen molar-refractivity contribution in [2.75, 3.05) is 0 Å². The molecule has 0 amide bonds. The molecule has 0 saturated carbocycles. The van der Waals surface area contributed by atoms with Crippen LogP contribution < -0.4 is 5.32 Å². The Balaban J connectivity index is 2.00. The summed E-state index contributed by atoms with van der Waals surface area (Å²) in [5.74, 6) is -0.0949. The highest BCUT2D eigenvalue weighted by Gasteiger charge is 2.10. The van der Waals surface area contributed by atoms with E-state index < -0.39 is 5.82 Å². The third-order valence-corrected chi connectivity index (χ3v) is 2.64. The number of phenols is 1. The Hall–Kier alpha value is -1.81. The highest BCUT2D eigenvalue weighted by Crippen LogP contribution is 2.21. The second kappa shape index (κ2) is 5.01. The molecule has 0 aliphatic carbocycles. The molecule has 0 saturated heterocycles. The summed E-state index contributed by atoms with van der Waals surface area (Å²) in [6.45, 7) is 2.32. The number of para-hydroxylation sites is 1. The van der Waals surface area contributed by atoms with E-state index in [0.717, 1.165) is 5.76 Å². The number of aromatic hydroxyl groups is 1. The van der Waals surface area contributed by atoms with Crippen LogP contribution in [-0.2, 0) is 6.54 Å². The number of benzene rings is 1. The topological polar surface area (TPSA) is 45.4 Å². The van der Waals surface area contributed by atoms with Crippen molar-refractivity contribution in [3.05, 3.63) is 53.7 Å². The van der Waals surface area contributed by atoms with Gasteiger partial charge in [0.25, 0.3) is 0 Å². The molecule has 2 aromatic rings.